The lowest BCUT2D eigenvalue weighted by atomic mass is 10.0. The molecule has 134 valence electrons. The van der Waals surface area contributed by atoms with Crippen LogP contribution in [0.3, 0.4) is 0 Å². The number of carbonyl (C=O) groups excluding carboxylic acids is 2. The molecule has 0 N–H and O–H groups in total. The number of carbonyl (C=O) groups is 2. The summed E-state index contributed by atoms with van der Waals surface area (Å²) >= 11 is 1.34. The zero-order valence-electron chi connectivity index (χ0n) is 14.5. The van der Waals surface area contributed by atoms with E-state index < -0.39 is 0 Å². The van der Waals surface area contributed by atoms with Crippen LogP contribution in [-0.2, 0) is 16.1 Å². The fourth-order valence-electron chi connectivity index (χ4n) is 2.84. The van der Waals surface area contributed by atoms with Crippen molar-refractivity contribution in [3.05, 3.63) is 70.4 Å². The molecule has 0 atom stereocenters. The molecule has 0 spiro atoms. The van der Waals surface area contributed by atoms with E-state index in [4.69, 9.17) is 4.74 Å². The topological polar surface area (TPSA) is 46.6 Å². The van der Waals surface area contributed by atoms with Crippen molar-refractivity contribution in [3.63, 3.8) is 0 Å². The molecule has 1 aliphatic rings. The van der Waals surface area contributed by atoms with Gasteiger partial charge in [-0.15, -0.1) is 11.8 Å². The molecule has 0 saturated heterocycles. The molecule has 6 heteroatoms. The third-order valence-electron chi connectivity index (χ3n) is 4.04. The van der Waals surface area contributed by atoms with Crippen molar-refractivity contribution in [2.75, 3.05) is 12.9 Å². The van der Waals surface area contributed by atoms with Gasteiger partial charge in [-0.05, 0) is 29.5 Å². The molecule has 0 bridgehead atoms. The number of amides is 2. The standard InChI is InChI=1S/C20H18FNO3S/c1-3-26-18-17(15-6-4-5-7-16(15)25-2)19(23)22(20(18)24)12-13-8-10-14(21)11-9-13/h4-11H,3,12H2,1-2H3. The summed E-state index contributed by atoms with van der Waals surface area (Å²) in [5.74, 6) is 0.161. The van der Waals surface area contributed by atoms with Crippen LogP contribution in [0.15, 0.2) is 53.4 Å². The molecule has 4 nitrogen and oxygen atoms in total. The Morgan fingerprint density at radius 1 is 1.04 bits per heavy atom. The highest BCUT2D eigenvalue weighted by Gasteiger charge is 2.39. The molecule has 0 saturated carbocycles. The summed E-state index contributed by atoms with van der Waals surface area (Å²) < 4.78 is 18.5. The normalized spacial score (nSPS) is 14.3. The van der Waals surface area contributed by atoms with E-state index in [0.29, 0.717) is 33.1 Å². The summed E-state index contributed by atoms with van der Waals surface area (Å²) in [6, 6.07) is 12.9. The maximum atomic E-state index is 13.1. The summed E-state index contributed by atoms with van der Waals surface area (Å²) in [5.41, 5.74) is 1.66. The predicted molar refractivity (Wildman–Crippen MR) is 100 cm³/mol. The molecule has 0 radical (unpaired) electrons. The molecule has 2 amide bonds. The van der Waals surface area contributed by atoms with Gasteiger partial charge >= 0.3 is 0 Å². The number of thioether (sulfide) groups is 1. The summed E-state index contributed by atoms with van der Waals surface area (Å²) in [6.07, 6.45) is 0. The lowest BCUT2D eigenvalue weighted by Crippen LogP contribution is -2.31. The average Bonchev–Trinajstić information content (AvgIpc) is 2.88. The van der Waals surface area contributed by atoms with E-state index in [0.717, 1.165) is 0 Å². The zero-order valence-corrected chi connectivity index (χ0v) is 15.3. The number of imide groups is 1. The monoisotopic (exact) mass is 371 g/mol. The van der Waals surface area contributed by atoms with Crippen molar-refractivity contribution in [2.45, 2.75) is 13.5 Å². The molecule has 2 aromatic carbocycles. The minimum absolute atomic E-state index is 0.102. The van der Waals surface area contributed by atoms with E-state index >= 15 is 0 Å². The van der Waals surface area contributed by atoms with Crippen molar-refractivity contribution in [3.8, 4) is 5.75 Å². The molecule has 26 heavy (non-hydrogen) atoms. The van der Waals surface area contributed by atoms with Gasteiger partial charge in [0, 0.05) is 5.56 Å². The highest BCUT2D eigenvalue weighted by atomic mass is 32.2. The molecule has 1 heterocycles. The van der Waals surface area contributed by atoms with E-state index in [1.807, 2.05) is 13.0 Å². The number of ether oxygens (including phenoxy) is 1. The molecule has 2 aromatic rings. The lowest BCUT2D eigenvalue weighted by Gasteiger charge is -2.15. The van der Waals surface area contributed by atoms with Crippen LogP contribution >= 0.6 is 11.8 Å². The number of hydrogen-bond donors (Lipinski definition) is 0. The number of methoxy groups -OCH3 is 1. The van der Waals surface area contributed by atoms with Gasteiger partial charge in [0.1, 0.15) is 11.6 Å². The first-order valence-corrected chi connectivity index (χ1v) is 9.16. The maximum Gasteiger partial charge on any atom is 0.268 e. The Morgan fingerprint density at radius 2 is 1.73 bits per heavy atom. The largest absolute Gasteiger partial charge is 0.496 e. The highest BCUT2D eigenvalue weighted by molar-refractivity contribution is 8.04. The van der Waals surface area contributed by atoms with Gasteiger partial charge in [0.05, 0.1) is 24.1 Å². The SMILES string of the molecule is CCSC1=C(c2ccccc2OC)C(=O)N(Cc2ccc(F)cc2)C1=O. The number of hydrogen-bond acceptors (Lipinski definition) is 4. The second-order valence-corrected chi connectivity index (χ2v) is 6.93. The molecular weight excluding hydrogens is 353 g/mol. The van der Waals surface area contributed by atoms with Gasteiger partial charge in [-0.1, -0.05) is 37.3 Å². The van der Waals surface area contributed by atoms with Gasteiger partial charge in [-0.2, -0.15) is 0 Å². The van der Waals surface area contributed by atoms with E-state index in [-0.39, 0.29) is 24.2 Å². The molecule has 0 fully saturated rings. The van der Waals surface area contributed by atoms with Crippen LogP contribution in [0.5, 0.6) is 5.75 Å². The van der Waals surface area contributed by atoms with E-state index in [9.17, 15) is 14.0 Å². The number of rotatable bonds is 6. The quantitative estimate of drug-likeness (QED) is 0.724. The van der Waals surface area contributed by atoms with Gasteiger partial charge in [0.25, 0.3) is 11.8 Å². The Bertz CT molecular complexity index is 877. The van der Waals surface area contributed by atoms with Crippen LogP contribution in [0.2, 0.25) is 0 Å². The van der Waals surface area contributed by atoms with Gasteiger partial charge in [0.15, 0.2) is 0 Å². The van der Waals surface area contributed by atoms with Crippen LogP contribution in [-0.4, -0.2) is 29.6 Å². The van der Waals surface area contributed by atoms with Crippen LogP contribution in [0.25, 0.3) is 5.57 Å². The summed E-state index contributed by atoms with van der Waals surface area (Å²) in [4.78, 5) is 27.5. The molecular formula is C20H18FNO3S. The minimum atomic E-state index is -0.361. The van der Waals surface area contributed by atoms with Crippen molar-refractivity contribution in [1.82, 2.24) is 4.90 Å². The third kappa shape index (κ3) is 3.37. The zero-order chi connectivity index (χ0) is 18.7. The molecule has 0 aromatic heterocycles. The molecule has 0 unspecified atom stereocenters. The van der Waals surface area contributed by atoms with E-state index in [1.54, 1.807) is 30.3 Å². The summed E-state index contributed by atoms with van der Waals surface area (Å²) in [6.45, 7) is 2.03. The first kappa shape index (κ1) is 18.2. The third-order valence-corrected chi connectivity index (χ3v) is 5.00. The van der Waals surface area contributed by atoms with E-state index in [2.05, 4.69) is 0 Å². The smallest absolute Gasteiger partial charge is 0.268 e. The van der Waals surface area contributed by atoms with Crippen LogP contribution in [0.4, 0.5) is 4.39 Å². The number of nitrogens with zero attached hydrogens (tertiary/aromatic N) is 1. The second-order valence-electron chi connectivity index (χ2n) is 5.66. The Hall–Kier alpha value is -2.60. The average molecular weight is 371 g/mol. The van der Waals surface area contributed by atoms with Crippen LogP contribution < -0.4 is 4.74 Å². The fourth-order valence-corrected chi connectivity index (χ4v) is 3.70. The second kappa shape index (κ2) is 7.74. The van der Waals surface area contributed by atoms with Crippen molar-refractivity contribution in [1.29, 1.82) is 0 Å². The Balaban J connectivity index is 2.00. The Morgan fingerprint density at radius 3 is 2.38 bits per heavy atom. The number of benzene rings is 2. The Labute approximate surface area is 155 Å². The van der Waals surface area contributed by atoms with Crippen molar-refractivity contribution < 1.29 is 18.7 Å². The minimum Gasteiger partial charge on any atom is -0.496 e. The van der Waals surface area contributed by atoms with Crippen LogP contribution in [0.1, 0.15) is 18.1 Å². The molecule has 1 aliphatic heterocycles. The van der Waals surface area contributed by atoms with Gasteiger partial charge in [0.2, 0.25) is 0 Å². The first-order chi connectivity index (χ1) is 12.6. The highest BCUT2D eigenvalue weighted by Crippen LogP contribution is 2.39. The van der Waals surface area contributed by atoms with Gasteiger partial charge in [-0.25, -0.2) is 4.39 Å². The van der Waals surface area contributed by atoms with Gasteiger partial charge in [-0.3, -0.25) is 14.5 Å². The maximum absolute atomic E-state index is 13.1. The van der Waals surface area contributed by atoms with Crippen LogP contribution in [0, 0.1) is 5.82 Å². The van der Waals surface area contributed by atoms with E-state index in [1.165, 1.54) is 35.9 Å². The predicted octanol–water partition coefficient (Wildman–Crippen LogP) is 3.87. The summed E-state index contributed by atoms with van der Waals surface area (Å²) in [7, 11) is 1.53. The van der Waals surface area contributed by atoms with Crippen molar-refractivity contribution >= 4 is 29.1 Å². The molecule has 0 aliphatic carbocycles. The Kier molecular flexibility index (Phi) is 5.42. The lowest BCUT2D eigenvalue weighted by molar-refractivity contribution is -0.137. The first-order valence-electron chi connectivity index (χ1n) is 8.18. The number of halogens is 1. The van der Waals surface area contributed by atoms with Crippen molar-refractivity contribution in [2.24, 2.45) is 0 Å². The molecule has 3 rings (SSSR count). The van der Waals surface area contributed by atoms with Gasteiger partial charge < -0.3 is 4.74 Å². The summed E-state index contributed by atoms with van der Waals surface area (Å²) in [5, 5.41) is 0. The fraction of sp³-hybridized carbons (Fsp3) is 0.200. The number of para-hydroxylation sites is 1.